The Balaban J connectivity index is 2.47. The average Bonchev–Trinajstić information content (AvgIpc) is 2.25. The number of aromatic nitrogens is 1. The molecule has 0 saturated carbocycles. The lowest BCUT2D eigenvalue weighted by Crippen LogP contribution is -2.40. The summed E-state index contributed by atoms with van der Waals surface area (Å²) in [5.74, 6) is -0.0131. The number of nitrogens with one attached hydrogen (secondary N) is 2. The molecule has 1 aromatic heterocycles. The van der Waals surface area contributed by atoms with E-state index in [1.165, 1.54) is 0 Å². The predicted octanol–water partition coefficient (Wildman–Crippen LogP) is 0.614. The maximum Gasteiger partial charge on any atom is 0.237 e. The highest BCUT2D eigenvalue weighted by molar-refractivity contribution is 5.81. The molecule has 1 aromatic rings. The summed E-state index contributed by atoms with van der Waals surface area (Å²) in [5.41, 5.74) is 1.84. The van der Waals surface area contributed by atoms with Crippen LogP contribution in [0, 0.1) is 6.92 Å². The highest BCUT2D eigenvalue weighted by Crippen LogP contribution is 1.97. The van der Waals surface area contributed by atoms with Gasteiger partial charge in [-0.3, -0.25) is 9.78 Å². The third kappa shape index (κ3) is 3.67. The Kier molecular flexibility index (Phi) is 4.24. The Hall–Kier alpha value is -1.42. The summed E-state index contributed by atoms with van der Waals surface area (Å²) in [6.45, 7) is 4.23. The van der Waals surface area contributed by atoms with Crippen LogP contribution < -0.4 is 10.6 Å². The standard InChI is InChI=1S/C11H17N3O/c1-8-5-4-6-10(14-8)7-13-11(15)9(2)12-3/h4-6,9,12H,7H2,1-3H3,(H,13,15). The lowest BCUT2D eigenvalue weighted by atomic mass is 10.3. The van der Waals surface area contributed by atoms with Gasteiger partial charge in [0, 0.05) is 5.69 Å². The first-order chi connectivity index (χ1) is 7.13. The molecule has 1 rings (SSSR count). The molecule has 4 heteroatoms. The molecule has 0 saturated heterocycles. The smallest absolute Gasteiger partial charge is 0.237 e. The van der Waals surface area contributed by atoms with Gasteiger partial charge in [0.15, 0.2) is 0 Å². The van der Waals surface area contributed by atoms with Crippen LogP contribution in [0.2, 0.25) is 0 Å². The van der Waals surface area contributed by atoms with E-state index in [0.717, 1.165) is 11.4 Å². The summed E-state index contributed by atoms with van der Waals surface area (Å²) in [6, 6.07) is 5.60. The summed E-state index contributed by atoms with van der Waals surface area (Å²) in [7, 11) is 1.76. The number of nitrogens with zero attached hydrogens (tertiary/aromatic N) is 1. The van der Waals surface area contributed by atoms with Crippen LogP contribution >= 0.6 is 0 Å². The van der Waals surface area contributed by atoms with Gasteiger partial charge in [0.1, 0.15) is 0 Å². The zero-order valence-electron chi connectivity index (χ0n) is 9.37. The second kappa shape index (κ2) is 5.46. The molecule has 0 aliphatic carbocycles. The van der Waals surface area contributed by atoms with Crippen LogP contribution in [-0.4, -0.2) is 24.0 Å². The second-order valence-electron chi connectivity index (χ2n) is 3.50. The summed E-state index contributed by atoms with van der Waals surface area (Å²) in [4.78, 5) is 15.7. The SMILES string of the molecule is CNC(C)C(=O)NCc1cccc(C)n1. The largest absolute Gasteiger partial charge is 0.349 e. The van der Waals surface area contributed by atoms with E-state index in [2.05, 4.69) is 15.6 Å². The van der Waals surface area contributed by atoms with E-state index in [9.17, 15) is 4.79 Å². The fourth-order valence-electron chi connectivity index (χ4n) is 1.16. The molecule has 0 bridgehead atoms. The minimum Gasteiger partial charge on any atom is -0.349 e. The van der Waals surface area contributed by atoms with E-state index in [0.29, 0.717) is 6.54 Å². The molecular weight excluding hydrogens is 190 g/mol. The number of carbonyl (C=O) groups excluding carboxylic acids is 1. The molecule has 1 heterocycles. The number of pyridine rings is 1. The maximum atomic E-state index is 11.4. The van der Waals surface area contributed by atoms with Gasteiger partial charge in [-0.15, -0.1) is 0 Å². The van der Waals surface area contributed by atoms with Gasteiger partial charge in [-0.05, 0) is 33.0 Å². The van der Waals surface area contributed by atoms with E-state index in [1.807, 2.05) is 32.0 Å². The molecule has 82 valence electrons. The highest BCUT2D eigenvalue weighted by atomic mass is 16.2. The van der Waals surface area contributed by atoms with Crippen LogP contribution in [0.5, 0.6) is 0 Å². The van der Waals surface area contributed by atoms with Gasteiger partial charge in [-0.2, -0.15) is 0 Å². The lowest BCUT2D eigenvalue weighted by molar-refractivity contribution is -0.122. The molecule has 0 aromatic carbocycles. The average molecular weight is 207 g/mol. The monoisotopic (exact) mass is 207 g/mol. The minimum absolute atomic E-state index is 0.0131. The molecule has 2 N–H and O–H groups in total. The van der Waals surface area contributed by atoms with Crippen LogP contribution in [0.1, 0.15) is 18.3 Å². The molecule has 1 atom stereocenters. The first-order valence-corrected chi connectivity index (χ1v) is 5.01. The van der Waals surface area contributed by atoms with E-state index >= 15 is 0 Å². The van der Waals surface area contributed by atoms with Crippen molar-refractivity contribution in [3.05, 3.63) is 29.6 Å². The summed E-state index contributed by atoms with van der Waals surface area (Å²) >= 11 is 0. The number of hydrogen-bond acceptors (Lipinski definition) is 3. The number of rotatable bonds is 4. The predicted molar refractivity (Wildman–Crippen MR) is 59.3 cm³/mol. The lowest BCUT2D eigenvalue weighted by Gasteiger charge is -2.10. The zero-order valence-corrected chi connectivity index (χ0v) is 9.37. The molecule has 0 aliphatic heterocycles. The van der Waals surface area contributed by atoms with E-state index in [1.54, 1.807) is 7.05 Å². The quantitative estimate of drug-likeness (QED) is 0.760. The van der Waals surface area contributed by atoms with E-state index in [-0.39, 0.29) is 11.9 Å². The van der Waals surface area contributed by atoms with Crippen molar-refractivity contribution in [1.29, 1.82) is 0 Å². The van der Waals surface area contributed by atoms with Gasteiger partial charge >= 0.3 is 0 Å². The van der Waals surface area contributed by atoms with Crippen LogP contribution in [0.15, 0.2) is 18.2 Å². The van der Waals surface area contributed by atoms with Crippen molar-refractivity contribution in [2.24, 2.45) is 0 Å². The van der Waals surface area contributed by atoms with Gasteiger partial charge in [0.05, 0.1) is 18.3 Å². The van der Waals surface area contributed by atoms with Crippen molar-refractivity contribution in [3.63, 3.8) is 0 Å². The topological polar surface area (TPSA) is 54.0 Å². The van der Waals surface area contributed by atoms with Gasteiger partial charge in [0.2, 0.25) is 5.91 Å². The van der Waals surface area contributed by atoms with Crippen LogP contribution in [0.4, 0.5) is 0 Å². The number of carbonyl (C=O) groups is 1. The van der Waals surface area contributed by atoms with E-state index in [4.69, 9.17) is 0 Å². The third-order valence-electron chi connectivity index (χ3n) is 2.22. The summed E-state index contributed by atoms with van der Waals surface area (Å²) in [5, 5.41) is 5.69. The Labute approximate surface area is 90.1 Å². The maximum absolute atomic E-state index is 11.4. The summed E-state index contributed by atoms with van der Waals surface area (Å²) < 4.78 is 0. The Morgan fingerprint density at radius 1 is 1.53 bits per heavy atom. The fraction of sp³-hybridized carbons (Fsp3) is 0.455. The first kappa shape index (κ1) is 11.7. The highest BCUT2D eigenvalue weighted by Gasteiger charge is 2.09. The zero-order chi connectivity index (χ0) is 11.3. The molecule has 1 amide bonds. The van der Waals surface area contributed by atoms with Gasteiger partial charge in [-0.25, -0.2) is 0 Å². The van der Waals surface area contributed by atoms with Crippen molar-refractivity contribution in [3.8, 4) is 0 Å². The first-order valence-electron chi connectivity index (χ1n) is 5.01. The van der Waals surface area contributed by atoms with Gasteiger partial charge in [0.25, 0.3) is 0 Å². The van der Waals surface area contributed by atoms with Crippen LogP contribution in [0.25, 0.3) is 0 Å². The van der Waals surface area contributed by atoms with Crippen molar-refractivity contribution in [2.45, 2.75) is 26.4 Å². The number of hydrogen-bond donors (Lipinski definition) is 2. The molecule has 0 radical (unpaired) electrons. The molecule has 1 unspecified atom stereocenters. The second-order valence-corrected chi connectivity index (χ2v) is 3.50. The fourth-order valence-corrected chi connectivity index (χ4v) is 1.16. The molecule has 4 nitrogen and oxygen atoms in total. The summed E-state index contributed by atoms with van der Waals surface area (Å²) in [6.07, 6.45) is 0. The Bertz CT molecular complexity index is 338. The van der Waals surface area contributed by atoms with E-state index < -0.39 is 0 Å². The number of aryl methyl sites for hydroxylation is 1. The molecule has 15 heavy (non-hydrogen) atoms. The van der Waals surface area contributed by atoms with Crippen molar-refractivity contribution in [1.82, 2.24) is 15.6 Å². The van der Waals surface area contributed by atoms with Crippen LogP contribution in [-0.2, 0) is 11.3 Å². The van der Waals surface area contributed by atoms with Crippen molar-refractivity contribution >= 4 is 5.91 Å². The number of likely N-dealkylation sites (N-methyl/N-ethyl adjacent to an activating group) is 1. The van der Waals surface area contributed by atoms with Crippen molar-refractivity contribution < 1.29 is 4.79 Å². The minimum atomic E-state index is -0.171. The molecular formula is C11H17N3O. The Morgan fingerprint density at radius 3 is 2.87 bits per heavy atom. The third-order valence-corrected chi connectivity index (χ3v) is 2.22. The molecule has 0 fully saturated rings. The number of amides is 1. The normalized spacial score (nSPS) is 12.2. The van der Waals surface area contributed by atoms with Gasteiger partial charge in [-0.1, -0.05) is 6.07 Å². The van der Waals surface area contributed by atoms with Crippen molar-refractivity contribution in [2.75, 3.05) is 7.05 Å². The molecule has 0 spiro atoms. The van der Waals surface area contributed by atoms with Crippen LogP contribution in [0.3, 0.4) is 0 Å². The van der Waals surface area contributed by atoms with Gasteiger partial charge < -0.3 is 10.6 Å². The Morgan fingerprint density at radius 2 is 2.27 bits per heavy atom. The molecule has 0 aliphatic rings.